The number of hydrogen-bond donors (Lipinski definition) is 0. The standard InChI is InChI=1S/C6H6F4O4/c7-4(8)6(9,10)13-2-3-1-12-5(11)14-3/h3-4H,1-2H2. The van der Waals surface area contributed by atoms with Crippen LogP contribution in [0.15, 0.2) is 0 Å². The molecule has 0 radical (unpaired) electrons. The summed E-state index contributed by atoms with van der Waals surface area (Å²) in [6.07, 6.45) is -10.5. The highest BCUT2D eigenvalue weighted by atomic mass is 19.3. The fourth-order valence-electron chi connectivity index (χ4n) is 0.714. The van der Waals surface area contributed by atoms with Gasteiger partial charge in [0.1, 0.15) is 6.61 Å². The molecule has 0 aromatic carbocycles. The molecule has 1 fully saturated rings. The zero-order valence-corrected chi connectivity index (χ0v) is 6.71. The number of cyclic esters (lactones) is 2. The molecule has 0 aromatic rings. The smallest absolute Gasteiger partial charge is 0.430 e. The molecule has 0 saturated carbocycles. The molecule has 1 heterocycles. The first kappa shape index (κ1) is 11.0. The number of carbonyl (C=O) groups excluding carboxylic acids is 1. The predicted molar refractivity (Wildman–Crippen MR) is 33.1 cm³/mol. The van der Waals surface area contributed by atoms with Crippen molar-refractivity contribution in [2.45, 2.75) is 18.6 Å². The molecule has 0 bridgehead atoms. The van der Waals surface area contributed by atoms with Crippen LogP contribution in [0.4, 0.5) is 22.4 Å². The summed E-state index contributed by atoms with van der Waals surface area (Å²) in [4.78, 5) is 10.3. The van der Waals surface area contributed by atoms with Gasteiger partial charge in [-0.2, -0.15) is 8.78 Å². The van der Waals surface area contributed by atoms with Gasteiger partial charge in [0.05, 0.1) is 6.61 Å². The van der Waals surface area contributed by atoms with Crippen LogP contribution in [-0.2, 0) is 14.2 Å². The van der Waals surface area contributed by atoms with Crippen LogP contribution in [0.1, 0.15) is 0 Å². The Morgan fingerprint density at radius 3 is 2.64 bits per heavy atom. The third-order valence-electron chi connectivity index (χ3n) is 1.37. The van der Waals surface area contributed by atoms with Gasteiger partial charge in [0.15, 0.2) is 6.10 Å². The minimum Gasteiger partial charge on any atom is -0.430 e. The molecular weight excluding hydrogens is 212 g/mol. The zero-order chi connectivity index (χ0) is 10.8. The number of alkyl halides is 4. The number of ether oxygens (including phenoxy) is 3. The van der Waals surface area contributed by atoms with Crippen molar-refractivity contribution in [3.05, 3.63) is 0 Å². The van der Waals surface area contributed by atoms with E-state index in [1.54, 1.807) is 0 Å². The Morgan fingerprint density at radius 2 is 2.21 bits per heavy atom. The third kappa shape index (κ3) is 2.72. The Bertz CT molecular complexity index is 220. The molecule has 14 heavy (non-hydrogen) atoms. The van der Waals surface area contributed by atoms with Gasteiger partial charge < -0.3 is 14.2 Å². The monoisotopic (exact) mass is 218 g/mol. The maximum atomic E-state index is 12.1. The van der Waals surface area contributed by atoms with Crippen LogP contribution >= 0.6 is 0 Å². The van der Waals surface area contributed by atoms with Gasteiger partial charge in [-0.3, -0.25) is 0 Å². The van der Waals surface area contributed by atoms with E-state index in [1.807, 2.05) is 0 Å². The Labute approximate surface area is 75.7 Å². The summed E-state index contributed by atoms with van der Waals surface area (Å²) in [7, 11) is 0. The molecule has 0 N–H and O–H groups in total. The molecule has 1 atom stereocenters. The maximum absolute atomic E-state index is 12.1. The van der Waals surface area contributed by atoms with Gasteiger partial charge >= 0.3 is 18.7 Å². The quantitative estimate of drug-likeness (QED) is 0.528. The molecule has 0 aromatic heterocycles. The highest BCUT2D eigenvalue weighted by molar-refractivity contribution is 5.61. The van der Waals surface area contributed by atoms with E-state index in [1.165, 1.54) is 0 Å². The van der Waals surface area contributed by atoms with Crippen LogP contribution in [0, 0.1) is 0 Å². The lowest BCUT2D eigenvalue weighted by Gasteiger charge is -2.16. The van der Waals surface area contributed by atoms with Crippen LogP contribution in [0.25, 0.3) is 0 Å². The largest absolute Gasteiger partial charge is 0.508 e. The second kappa shape index (κ2) is 3.99. The summed E-state index contributed by atoms with van der Waals surface area (Å²) in [5, 5.41) is 0. The van der Waals surface area contributed by atoms with Crippen molar-refractivity contribution in [2.24, 2.45) is 0 Å². The van der Waals surface area contributed by atoms with E-state index in [-0.39, 0.29) is 6.61 Å². The van der Waals surface area contributed by atoms with Crippen LogP contribution in [-0.4, -0.2) is 38.0 Å². The molecule has 1 unspecified atom stereocenters. The molecule has 4 nitrogen and oxygen atoms in total. The number of halogens is 4. The average molecular weight is 218 g/mol. The molecule has 1 rings (SSSR count). The Hall–Kier alpha value is -1.05. The summed E-state index contributed by atoms with van der Waals surface area (Å²) in [6.45, 7) is -1.11. The molecule has 1 saturated heterocycles. The molecule has 1 aliphatic rings. The van der Waals surface area contributed by atoms with Crippen LogP contribution in [0.3, 0.4) is 0 Å². The van der Waals surface area contributed by atoms with Crippen molar-refractivity contribution < 1.29 is 36.6 Å². The third-order valence-corrected chi connectivity index (χ3v) is 1.37. The molecule has 0 aliphatic carbocycles. The van der Waals surface area contributed by atoms with E-state index < -0.39 is 31.4 Å². The number of rotatable bonds is 4. The molecule has 1 aliphatic heterocycles. The topological polar surface area (TPSA) is 44.8 Å². The van der Waals surface area contributed by atoms with Crippen molar-refractivity contribution >= 4 is 6.16 Å². The lowest BCUT2D eigenvalue weighted by Crippen LogP contribution is -2.34. The van der Waals surface area contributed by atoms with Crippen molar-refractivity contribution in [3.8, 4) is 0 Å². The first-order chi connectivity index (χ1) is 6.42. The van der Waals surface area contributed by atoms with Crippen LogP contribution in [0.2, 0.25) is 0 Å². The SMILES string of the molecule is O=C1OCC(COC(F)(F)C(F)F)O1. The van der Waals surface area contributed by atoms with E-state index in [9.17, 15) is 22.4 Å². The maximum Gasteiger partial charge on any atom is 0.508 e. The number of hydrogen-bond acceptors (Lipinski definition) is 4. The van der Waals surface area contributed by atoms with Crippen molar-refractivity contribution in [3.63, 3.8) is 0 Å². The van der Waals surface area contributed by atoms with E-state index >= 15 is 0 Å². The highest BCUT2D eigenvalue weighted by Crippen LogP contribution is 2.24. The van der Waals surface area contributed by atoms with E-state index in [0.29, 0.717) is 0 Å². The fourth-order valence-corrected chi connectivity index (χ4v) is 0.714. The van der Waals surface area contributed by atoms with Crippen molar-refractivity contribution in [1.82, 2.24) is 0 Å². The van der Waals surface area contributed by atoms with E-state index in [4.69, 9.17) is 0 Å². The predicted octanol–water partition coefficient (Wildman–Crippen LogP) is 1.40. The first-order valence-electron chi connectivity index (χ1n) is 3.55. The Balaban J connectivity index is 2.30. The summed E-state index contributed by atoms with van der Waals surface area (Å²) in [5.74, 6) is 0. The van der Waals surface area contributed by atoms with Crippen LogP contribution < -0.4 is 0 Å². The molecule has 82 valence electrons. The minimum absolute atomic E-state index is 0.280. The van der Waals surface area contributed by atoms with Crippen molar-refractivity contribution in [1.29, 1.82) is 0 Å². The first-order valence-corrected chi connectivity index (χ1v) is 3.55. The Morgan fingerprint density at radius 1 is 1.57 bits per heavy atom. The molecular formula is C6H6F4O4. The highest BCUT2D eigenvalue weighted by Gasteiger charge is 2.43. The second-order valence-electron chi connectivity index (χ2n) is 2.47. The summed E-state index contributed by atoms with van der Waals surface area (Å²) in [5.41, 5.74) is 0. The van der Waals surface area contributed by atoms with Gasteiger partial charge in [0.25, 0.3) is 0 Å². The van der Waals surface area contributed by atoms with E-state index in [0.717, 1.165) is 0 Å². The van der Waals surface area contributed by atoms with E-state index in [2.05, 4.69) is 14.2 Å². The minimum atomic E-state index is -4.53. The lowest BCUT2D eigenvalue weighted by molar-refractivity contribution is -0.305. The summed E-state index contributed by atoms with van der Waals surface area (Å²) in [6, 6.07) is 0. The normalized spacial score (nSPS) is 22.4. The fraction of sp³-hybridized carbons (Fsp3) is 0.833. The molecule has 0 amide bonds. The molecule has 8 heteroatoms. The van der Waals surface area contributed by atoms with Gasteiger partial charge in [-0.05, 0) is 0 Å². The van der Waals surface area contributed by atoms with Gasteiger partial charge in [0, 0.05) is 0 Å². The summed E-state index contributed by atoms with van der Waals surface area (Å²) < 4.78 is 59.5. The summed E-state index contributed by atoms with van der Waals surface area (Å²) >= 11 is 0. The van der Waals surface area contributed by atoms with Gasteiger partial charge in [0.2, 0.25) is 0 Å². The van der Waals surface area contributed by atoms with Crippen LogP contribution in [0.5, 0.6) is 0 Å². The lowest BCUT2D eigenvalue weighted by atomic mass is 10.4. The average Bonchev–Trinajstić information content (AvgIpc) is 2.48. The van der Waals surface area contributed by atoms with Gasteiger partial charge in [-0.15, -0.1) is 0 Å². The number of carbonyl (C=O) groups is 1. The molecule has 0 spiro atoms. The second-order valence-corrected chi connectivity index (χ2v) is 2.47. The van der Waals surface area contributed by atoms with Gasteiger partial charge in [-0.25, -0.2) is 13.6 Å². The zero-order valence-electron chi connectivity index (χ0n) is 6.71. The van der Waals surface area contributed by atoms with Gasteiger partial charge in [-0.1, -0.05) is 0 Å². The van der Waals surface area contributed by atoms with Crippen molar-refractivity contribution in [2.75, 3.05) is 13.2 Å². The Kier molecular flexibility index (Phi) is 3.14.